The smallest absolute Gasteiger partial charge is 0.306 e. The molecule has 0 N–H and O–H groups in total. The van der Waals surface area contributed by atoms with Crippen LogP contribution in [0.15, 0.2) is 22.7 Å². The average molecular weight is 350 g/mol. The van der Waals surface area contributed by atoms with Gasteiger partial charge in [0.2, 0.25) is 0 Å². The molecule has 1 aromatic carbocycles. The minimum atomic E-state index is -0.136. The highest BCUT2D eigenvalue weighted by Gasteiger charge is 2.04. The maximum Gasteiger partial charge on any atom is 0.306 e. The number of carbonyl (C=O) groups is 1. The summed E-state index contributed by atoms with van der Waals surface area (Å²) in [6, 6.07) is 6.15. The van der Waals surface area contributed by atoms with E-state index in [2.05, 4.69) is 44.0 Å². The summed E-state index contributed by atoms with van der Waals surface area (Å²) in [6.45, 7) is 2.27. The van der Waals surface area contributed by atoms with Crippen molar-refractivity contribution in [3.8, 4) is 0 Å². The summed E-state index contributed by atoms with van der Waals surface area (Å²) in [5.41, 5.74) is 2.35. The van der Waals surface area contributed by atoms with E-state index in [4.69, 9.17) is 4.74 Å². The second-order valence-corrected chi connectivity index (χ2v) is 4.78. The molecule has 0 aliphatic rings. The highest BCUT2D eigenvalue weighted by Crippen LogP contribution is 2.21. The molecule has 0 spiro atoms. The van der Waals surface area contributed by atoms with Crippen LogP contribution in [-0.4, -0.2) is 12.6 Å². The number of rotatable bonds is 5. The van der Waals surface area contributed by atoms with Gasteiger partial charge < -0.3 is 4.74 Å². The molecule has 0 saturated carbocycles. The molecular formula is C12H14Br2O2. The first kappa shape index (κ1) is 13.7. The zero-order chi connectivity index (χ0) is 12.0. The van der Waals surface area contributed by atoms with Crippen LogP contribution in [-0.2, 0) is 21.3 Å². The lowest BCUT2D eigenvalue weighted by Gasteiger charge is -2.05. The minimum absolute atomic E-state index is 0.136. The fraction of sp³-hybridized carbons (Fsp3) is 0.417. The monoisotopic (exact) mass is 348 g/mol. The first-order valence-electron chi connectivity index (χ1n) is 5.16. The van der Waals surface area contributed by atoms with E-state index in [1.165, 1.54) is 5.56 Å². The SMILES string of the molecule is CCOC(=O)CCc1ccc(CBr)c(Br)c1. The quantitative estimate of drug-likeness (QED) is 0.596. The minimum Gasteiger partial charge on any atom is -0.466 e. The molecule has 0 aliphatic heterocycles. The molecule has 1 rings (SSSR count). The van der Waals surface area contributed by atoms with E-state index in [1.54, 1.807) is 0 Å². The molecule has 0 unspecified atom stereocenters. The molecule has 16 heavy (non-hydrogen) atoms. The summed E-state index contributed by atoms with van der Waals surface area (Å²) in [6.07, 6.45) is 1.16. The van der Waals surface area contributed by atoms with Crippen LogP contribution in [0.4, 0.5) is 0 Å². The standard InChI is InChI=1S/C12H14Br2O2/c1-2-16-12(15)6-4-9-3-5-10(8-13)11(14)7-9/h3,5,7H,2,4,6,8H2,1H3. The van der Waals surface area contributed by atoms with Crippen molar-refractivity contribution in [1.82, 2.24) is 0 Å². The number of esters is 1. The van der Waals surface area contributed by atoms with Gasteiger partial charge >= 0.3 is 5.97 Å². The van der Waals surface area contributed by atoms with Crippen LogP contribution in [0.25, 0.3) is 0 Å². The van der Waals surface area contributed by atoms with E-state index in [9.17, 15) is 4.79 Å². The van der Waals surface area contributed by atoms with Gasteiger partial charge in [-0.3, -0.25) is 4.79 Å². The Kier molecular flexibility index (Phi) is 6.06. The summed E-state index contributed by atoms with van der Waals surface area (Å²) in [4.78, 5) is 11.2. The molecule has 1 aromatic rings. The van der Waals surface area contributed by atoms with E-state index in [0.29, 0.717) is 13.0 Å². The van der Waals surface area contributed by atoms with Crippen LogP contribution < -0.4 is 0 Å². The molecule has 0 fully saturated rings. The fourth-order valence-electron chi connectivity index (χ4n) is 1.33. The van der Waals surface area contributed by atoms with Crippen LogP contribution in [0.3, 0.4) is 0 Å². The third-order valence-electron chi connectivity index (χ3n) is 2.18. The van der Waals surface area contributed by atoms with E-state index >= 15 is 0 Å². The van der Waals surface area contributed by atoms with E-state index < -0.39 is 0 Å². The lowest BCUT2D eigenvalue weighted by atomic mass is 10.1. The number of alkyl halides is 1. The van der Waals surface area contributed by atoms with Crippen molar-refractivity contribution in [2.24, 2.45) is 0 Å². The molecular weight excluding hydrogens is 336 g/mol. The molecule has 0 amide bonds. The van der Waals surface area contributed by atoms with Gasteiger partial charge in [-0.15, -0.1) is 0 Å². The summed E-state index contributed by atoms with van der Waals surface area (Å²) in [5.74, 6) is -0.136. The van der Waals surface area contributed by atoms with Gasteiger partial charge in [0.05, 0.1) is 6.61 Å². The summed E-state index contributed by atoms with van der Waals surface area (Å²) in [7, 11) is 0. The molecule has 0 radical (unpaired) electrons. The third-order valence-corrected chi connectivity index (χ3v) is 3.53. The zero-order valence-electron chi connectivity index (χ0n) is 9.13. The van der Waals surface area contributed by atoms with Crippen LogP contribution >= 0.6 is 31.9 Å². The third kappa shape index (κ3) is 4.26. The van der Waals surface area contributed by atoms with Crippen molar-refractivity contribution in [2.45, 2.75) is 25.1 Å². The Bertz CT molecular complexity index is 364. The highest BCUT2D eigenvalue weighted by molar-refractivity contribution is 9.10. The number of ether oxygens (including phenoxy) is 1. The summed E-state index contributed by atoms with van der Waals surface area (Å²) < 4.78 is 5.96. The number of aryl methyl sites for hydroxylation is 1. The Morgan fingerprint density at radius 1 is 1.44 bits per heavy atom. The Balaban J connectivity index is 2.55. The van der Waals surface area contributed by atoms with Gasteiger partial charge in [-0.2, -0.15) is 0 Å². The van der Waals surface area contributed by atoms with E-state index in [-0.39, 0.29) is 5.97 Å². The molecule has 0 bridgehead atoms. The van der Waals surface area contributed by atoms with Crippen LogP contribution in [0.5, 0.6) is 0 Å². The molecule has 88 valence electrons. The molecule has 0 aromatic heterocycles. The Hall–Kier alpha value is -0.350. The van der Waals surface area contributed by atoms with Crippen LogP contribution in [0.1, 0.15) is 24.5 Å². The first-order valence-corrected chi connectivity index (χ1v) is 7.07. The van der Waals surface area contributed by atoms with Crippen LogP contribution in [0.2, 0.25) is 0 Å². The maximum absolute atomic E-state index is 11.2. The van der Waals surface area contributed by atoms with Crippen molar-refractivity contribution in [2.75, 3.05) is 6.61 Å². The number of hydrogen-bond donors (Lipinski definition) is 0. The molecule has 2 nitrogen and oxygen atoms in total. The first-order chi connectivity index (χ1) is 7.67. The largest absolute Gasteiger partial charge is 0.466 e. The van der Waals surface area contributed by atoms with Gasteiger partial charge in [-0.25, -0.2) is 0 Å². The summed E-state index contributed by atoms with van der Waals surface area (Å²) >= 11 is 6.91. The normalized spacial score (nSPS) is 10.2. The molecule has 0 saturated heterocycles. The number of hydrogen-bond acceptors (Lipinski definition) is 2. The van der Waals surface area contributed by atoms with Crippen molar-refractivity contribution in [3.63, 3.8) is 0 Å². The second kappa shape index (κ2) is 7.07. The zero-order valence-corrected chi connectivity index (χ0v) is 12.3. The number of carbonyl (C=O) groups excluding carboxylic acids is 1. The van der Waals surface area contributed by atoms with E-state index in [1.807, 2.05) is 13.0 Å². The Morgan fingerprint density at radius 2 is 2.19 bits per heavy atom. The highest BCUT2D eigenvalue weighted by atomic mass is 79.9. The van der Waals surface area contributed by atoms with Gasteiger partial charge in [0.15, 0.2) is 0 Å². The Labute approximate surface area is 113 Å². The molecule has 4 heteroatoms. The van der Waals surface area contributed by atoms with Crippen molar-refractivity contribution in [3.05, 3.63) is 33.8 Å². The predicted molar refractivity (Wildman–Crippen MR) is 71.7 cm³/mol. The van der Waals surface area contributed by atoms with Gasteiger partial charge in [0, 0.05) is 16.2 Å². The number of benzene rings is 1. The van der Waals surface area contributed by atoms with Crippen LogP contribution in [0, 0.1) is 0 Å². The lowest BCUT2D eigenvalue weighted by molar-refractivity contribution is -0.143. The number of halogens is 2. The van der Waals surface area contributed by atoms with Crippen molar-refractivity contribution in [1.29, 1.82) is 0 Å². The van der Waals surface area contributed by atoms with Gasteiger partial charge in [-0.05, 0) is 30.5 Å². The lowest BCUT2D eigenvalue weighted by Crippen LogP contribution is -2.05. The summed E-state index contributed by atoms with van der Waals surface area (Å²) in [5, 5.41) is 0.825. The van der Waals surface area contributed by atoms with E-state index in [0.717, 1.165) is 21.8 Å². The predicted octanol–water partition coefficient (Wildman–Crippen LogP) is 3.84. The van der Waals surface area contributed by atoms with Gasteiger partial charge in [0.25, 0.3) is 0 Å². The molecule has 0 heterocycles. The molecule has 0 atom stereocenters. The maximum atomic E-state index is 11.2. The van der Waals surface area contributed by atoms with Gasteiger partial charge in [-0.1, -0.05) is 44.0 Å². The topological polar surface area (TPSA) is 26.3 Å². The average Bonchev–Trinajstić information content (AvgIpc) is 2.27. The molecule has 0 aliphatic carbocycles. The van der Waals surface area contributed by atoms with Crippen molar-refractivity contribution >= 4 is 37.8 Å². The van der Waals surface area contributed by atoms with Crippen molar-refractivity contribution < 1.29 is 9.53 Å². The second-order valence-electron chi connectivity index (χ2n) is 3.36. The fourth-order valence-corrected chi connectivity index (χ4v) is 2.77. The van der Waals surface area contributed by atoms with Gasteiger partial charge in [0.1, 0.15) is 0 Å². The Morgan fingerprint density at radius 3 is 2.75 bits per heavy atom.